The van der Waals surface area contributed by atoms with E-state index in [1.54, 1.807) is 18.2 Å². The van der Waals surface area contributed by atoms with Crippen molar-refractivity contribution in [3.63, 3.8) is 0 Å². The van der Waals surface area contributed by atoms with Gasteiger partial charge in [0.25, 0.3) is 0 Å². The summed E-state index contributed by atoms with van der Waals surface area (Å²) in [4.78, 5) is 0. The first-order valence-electron chi connectivity index (χ1n) is 4.80. The third kappa shape index (κ3) is 1.65. The second kappa shape index (κ2) is 4.07. The molecule has 0 bridgehead atoms. The normalized spacial score (nSPS) is 26.7. The maximum absolute atomic E-state index is 13.4. The molecule has 2 atom stereocenters. The number of aliphatic hydroxyl groups excluding tert-OH is 1. The molecule has 14 heavy (non-hydrogen) atoms. The fourth-order valence-electron chi connectivity index (χ4n) is 1.87. The van der Waals surface area contributed by atoms with Crippen LogP contribution in [-0.2, 0) is 4.74 Å². The van der Waals surface area contributed by atoms with E-state index < -0.39 is 0 Å². The van der Waals surface area contributed by atoms with Gasteiger partial charge in [0.15, 0.2) is 0 Å². The van der Waals surface area contributed by atoms with Crippen molar-refractivity contribution in [2.24, 2.45) is 5.92 Å². The molecule has 2 nitrogen and oxygen atoms in total. The molecule has 1 aliphatic rings. The van der Waals surface area contributed by atoms with Crippen molar-refractivity contribution in [2.75, 3.05) is 13.2 Å². The molecule has 2 rings (SSSR count). The van der Waals surface area contributed by atoms with Gasteiger partial charge in [-0.2, -0.15) is 0 Å². The van der Waals surface area contributed by atoms with Gasteiger partial charge in [-0.1, -0.05) is 18.2 Å². The molecule has 1 aliphatic heterocycles. The summed E-state index contributed by atoms with van der Waals surface area (Å²) in [5.74, 6) is -0.218. The Bertz CT molecular complexity index is 314. The summed E-state index contributed by atoms with van der Waals surface area (Å²) in [6.07, 6.45) is 0.524. The van der Waals surface area contributed by atoms with Gasteiger partial charge in [-0.25, -0.2) is 4.39 Å². The third-order valence-electron chi connectivity index (χ3n) is 2.66. The number of hydrogen-bond acceptors (Lipinski definition) is 2. The Morgan fingerprint density at radius 2 is 2.21 bits per heavy atom. The minimum atomic E-state index is -0.277. The van der Waals surface area contributed by atoms with E-state index in [0.29, 0.717) is 12.2 Å². The Hall–Kier alpha value is -0.930. The highest BCUT2D eigenvalue weighted by Crippen LogP contribution is 2.35. The van der Waals surface area contributed by atoms with Crippen molar-refractivity contribution in [3.05, 3.63) is 35.6 Å². The minimum Gasteiger partial charge on any atom is -0.396 e. The van der Waals surface area contributed by atoms with Crippen LogP contribution in [0.2, 0.25) is 0 Å². The zero-order valence-corrected chi connectivity index (χ0v) is 7.82. The Balaban J connectivity index is 2.26. The molecule has 0 amide bonds. The van der Waals surface area contributed by atoms with Crippen LogP contribution in [0.25, 0.3) is 0 Å². The van der Waals surface area contributed by atoms with Crippen molar-refractivity contribution in [1.29, 1.82) is 0 Å². The van der Waals surface area contributed by atoms with E-state index >= 15 is 0 Å². The molecule has 1 aromatic carbocycles. The fraction of sp³-hybridized carbons (Fsp3) is 0.455. The van der Waals surface area contributed by atoms with Gasteiger partial charge >= 0.3 is 0 Å². The van der Waals surface area contributed by atoms with E-state index in [1.165, 1.54) is 6.07 Å². The predicted molar refractivity (Wildman–Crippen MR) is 50.3 cm³/mol. The molecule has 1 heterocycles. The Morgan fingerprint density at radius 1 is 1.43 bits per heavy atom. The summed E-state index contributed by atoms with van der Waals surface area (Å²) in [6, 6.07) is 6.58. The number of benzene rings is 1. The lowest BCUT2D eigenvalue weighted by Crippen LogP contribution is -2.12. The molecule has 1 N–H and O–H groups in total. The summed E-state index contributed by atoms with van der Waals surface area (Å²) < 4.78 is 18.8. The van der Waals surface area contributed by atoms with Gasteiger partial charge in [-0.15, -0.1) is 0 Å². The summed E-state index contributed by atoms with van der Waals surface area (Å²) in [5, 5.41) is 9.09. The predicted octanol–water partition coefficient (Wildman–Crippen LogP) is 1.90. The minimum absolute atomic E-state index is 0.0342. The Labute approximate surface area is 82.3 Å². The van der Waals surface area contributed by atoms with E-state index in [9.17, 15) is 4.39 Å². The van der Waals surface area contributed by atoms with Crippen molar-refractivity contribution < 1.29 is 14.2 Å². The standard InChI is InChI=1S/C11H13FO2/c12-10-4-2-1-3-9(10)11-8(7-13)5-6-14-11/h1-4,8,11,13H,5-7H2. The fourth-order valence-corrected chi connectivity index (χ4v) is 1.87. The van der Waals surface area contributed by atoms with E-state index in [1.807, 2.05) is 0 Å². The lowest BCUT2D eigenvalue weighted by atomic mass is 9.96. The van der Waals surface area contributed by atoms with Gasteiger partial charge in [-0.05, 0) is 12.5 Å². The summed E-state index contributed by atoms with van der Waals surface area (Å²) in [6.45, 7) is 0.656. The summed E-state index contributed by atoms with van der Waals surface area (Å²) in [5.41, 5.74) is 0.559. The van der Waals surface area contributed by atoms with E-state index in [0.717, 1.165) is 6.42 Å². The second-order valence-corrected chi connectivity index (χ2v) is 3.54. The average molecular weight is 196 g/mol. The van der Waals surface area contributed by atoms with Gasteiger partial charge in [0.2, 0.25) is 0 Å². The van der Waals surface area contributed by atoms with E-state index in [2.05, 4.69) is 0 Å². The molecular weight excluding hydrogens is 183 g/mol. The molecule has 0 radical (unpaired) electrons. The number of hydrogen-bond donors (Lipinski definition) is 1. The van der Waals surface area contributed by atoms with Crippen LogP contribution in [0.4, 0.5) is 4.39 Å². The molecule has 0 spiro atoms. The van der Waals surface area contributed by atoms with Crippen LogP contribution >= 0.6 is 0 Å². The molecule has 1 aromatic rings. The number of aliphatic hydroxyl groups is 1. The van der Waals surface area contributed by atoms with Crippen LogP contribution in [0.5, 0.6) is 0 Å². The zero-order chi connectivity index (χ0) is 9.97. The van der Waals surface area contributed by atoms with Gasteiger partial charge in [0.05, 0.1) is 6.10 Å². The number of ether oxygens (including phenoxy) is 1. The van der Waals surface area contributed by atoms with Crippen LogP contribution in [0.1, 0.15) is 18.1 Å². The number of rotatable bonds is 2. The smallest absolute Gasteiger partial charge is 0.129 e. The topological polar surface area (TPSA) is 29.5 Å². The first kappa shape index (κ1) is 9.62. The summed E-state index contributed by atoms with van der Waals surface area (Å²) in [7, 11) is 0. The monoisotopic (exact) mass is 196 g/mol. The Morgan fingerprint density at radius 3 is 2.93 bits per heavy atom. The molecule has 0 saturated carbocycles. The molecular formula is C11H13FO2. The number of halogens is 1. The average Bonchev–Trinajstić information content (AvgIpc) is 2.66. The lowest BCUT2D eigenvalue weighted by molar-refractivity contribution is 0.0693. The van der Waals surface area contributed by atoms with Crippen molar-refractivity contribution in [1.82, 2.24) is 0 Å². The van der Waals surface area contributed by atoms with Gasteiger partial charge < -0.3 is 9.84 Å². The van der Waals surface area contributed by atoms with Crippen molar-refractivity contribution >= 4 is 0 Å². The second-order valence-electron chi connectivity index (χ2n) is 3.54. The maximum atomic E-state index is 13.4. The highest BCUT2D eigenvalue weighted by Gasteiger charge is 2.30. The SMILES string of the molecule is OCC1CCOC1c1ccccc1F. The highest BCUT2D eigenvalue weighted by atomic mass is 19.1. The molecule has 3 heteroatoms. The molecule has 0 aromatic heterocycles. The van der Waals surface area contributed by atoms with Crippen LogP contribution in [-0.4, -0.2) is 18.3 Å². The first-order valence-corrected chi connectivity index (χ1v) is 4.80. The van der Waals surface area contributed by atoms with Gasteiger partial charge in [0, 0.05) is 24.7 Å². The molecule has 1 fully saturated rings. The van der Waals surface area contributed by atoms with Crippen molar-refractivity contribution in [2.45, 2.75) is 12.5 Å². The van der Waals surface area contributed by atoms with E-state index in [4.69, 9.17) is 9.84 Å². The van der Waals surface area contributed by atoms with Gasteiger partial charge in [-0.3, -0.25) is 0 Å². The van der Waals surface area contributed by atoms with E-state index in [-0.39, 0.29) is 24.4 Å². The quantitative estimate of drug-likeness (QED) is 0.782. The first-order chi connectivity index (χ1) is 6.83. The van der Waals surface area contributed by atoms with Crippen LogP contribution in [0.15, 0.2) is 24.3 Å². The Kier molecular flexibility index (Phi) is 2.79. The third-order valence-corrected chi connectivity index (χ3v) is 2.66. The molecule has 1 saturated heterocycles. The molecule has 2 unspecified atom stereocenters. The van der Waals surface area contributed by atoms with Gasteiger partial charge in [0.1, 0.15) is 5.82 Å². The maximum Gasteiger partial charge on any atom is 0.129 e. The zero-order valence-electron chi connectivity index (χ0n) is 7.82. The largest absolute Gasteiger partial charge is 0.396 e. The molecule has 76 valence electrons. The lowest BCUT2D eigenvalue weighted by Gasteiger charge is -2.16. The van der Waals surface area contributed by atoms with Crippen molar-refractivity contribution in [3.8, 4) is 0 Å². The van der Waals surface area contributed by atoms with Crippen LogP contribution in [0, 0.1) is 11.7 Å². The summed E-state index contributed by atoms with van der Waals surface area (Å²) >= 11 is 0. The van der Waals surface area contributed by atoms with Crippen LogP contribution in [0.3, 0.4) is 0 Å². The molecule has 0 aliphatic carbocycles. The highest BCUT2D eigenvalue weighted by molar-refractivity contribution is 5.21. The van der Waals surface area contributed by atoms with Crippen LogP contribution < -0.4 is 0 Å².